The molecule has 9 heteroatoms. The molecule has 2 aliphatic rings. The number of thiazole rings is 1. The Morgan fingerprint density at radius 2 is 2.19 bits per heavy atom. The molecular weight excluding hydrogens is 350 g/mol. The van der Waals surface area contributed by atoms with Gasteiger partial charge in [-0.1, -0.05) is 12.1 Å². The normalized spacial score (nSPS) is 18.7. The number of rotatable bonds is 4. The van der Waals surface area contributed by atoms with Crippen LogP contribution in [0.25, 0.3) is 0 Å². The van der Waals surface area contributed by atoms with Gasteiger partial charge in [0.1, 0.15) is 0 Å². The smallest absolute Gasteiger partial charge is 0.279 e. The van der Waals surface area contributed by atoms with Gasteiger partial charge in [-0.2, -0.15) is 0 Å². The fourth-order valence-corrected chi connectivity index (χ4v) is 4.72. The minimum atomic E-state index is -0.221. The molecule has 4 heterocycles. The van der Waals surface area contributed by atoms with E-state index in [1.165, 1.54) is 4.88 Å². The number of hydrogen-bond donors (Lipinski definition) is 2. The van der Waals surface area contributed by atoms with Gasteiger partial charge in [0.25, 0.3) is 5.91 Å². The highest BCUT2D eigenvalue weighted by Gasteiger charge is 2.25. The molecule has 26 heavy (non-hydrogen) atoms. The van der Waals surface area contributed by atoms with E-state index in [1.54, 1.807) is 11.3 Å². The number of likely N-dealkylation sites (N-methyl/N-ethyl adjacent to an activating group) is 1. The van der Waals surface area contributed by atoms with Gasteiger partial charge in [-0.25, -0.2) is 9.67 Å². The third-order valence-electron chi connectivity index (χ3n) is 5.28. The number of amides is 1. The summed E-state index contributed by atoms with van der Waals surface area (Å²) in [7, 11) is 0. The Morgan fingerprint density at radius 1 is 1.38 bits per heavy atom. The quantitative estimate of drug-likeness (QED) is 0.844. The van der Waals surface area contributed by atoms with Crippen LogP contribution in [0.2, 0.25) is 0 Å². The summed E-state index contributed by atoms with van der Waals surface area (Å²) in [6.45, 7) is 9.04. The van der Waals surface area contributed by atoms with Crippen LogP contribution in [0.1, 0.15) is 52.6 Å². The van der Waals surface area contributed by atoms with Gasteiger partial charge in [0.05, 0.1) is 17.4 Å². The Hall–Kier alpha value is -1.84. The molecule has 8 nitrogen and oxygen atoms in total. The maximum absolute atomic E-state index is 12.7. The standard InChI is InChI=1S/C17H25N7OS/c1-3-23-9-6-13-14(10-23)26-17(19-13)20-16(25)15-11(2)24(22-21-15)12-4-7-18-8-5-12/h12,18H,3-10H2,1-2H3,(H,19,20,25). The molecule has 1 amide bonds. The number of carbonyl (C=O) groups is 1. The van der Waals surface area contributed by atoms with Crippen molar-refractivity contribution in [1.29, 1.82) is 0 Å². The summed E-state index contributed by atoms with van der Waals surface area (Å²) in [5, 5.41) is 15.3. The van der Waals surface area contributed by atoms with E-state index in [4.69, 9.17) is 0 Å². The van der Waals surface area contributed by atoms with Crippen molar-refractivity contribution in [1.82, 2.24) is 30.2 Å². The molecule has 0 radical (unpaired) electrons. The van der Waals surface area contributed by atoms with Crippen molar-refractivity contribution in [3.8, 4) is 0 Å². The summed E-state index contributed by atoms with van der Waals surface area (Å²) in [6.07, 6.45) is 2.97. The molecule has 2 aromatic rings. The van der Waals surface area contributed by atoms with Crippen LogP contribution in [0.3, 0.4) is 0 Å². The maximum atomic E-state index is 12.7. The number of hydrogen-bond acceptors (Lipinski definition) is 7. The summed E-state index contributed by atoms with van der Waals surface area (Å²) in [5.41, 5.74) is 2.34. The van der Waals surface area contributed by atoms with Gasteiger partial charge >= 0.3 is 0 Å². The molecule has 4 rings (SSSR count). The monoisotopic (exact) mass is 375 g/mol. The maximum Gasteiger partial charge on any atom is 0.279 e. The third kappa shape index (κ3) is 3.38. The number of fused-ring (bicyclic) bond motifs is 1. The van der Waals surface area contributed by atoms with Crippen LogP contribution in [-0.4, -0.2) is 57.0 Å². The zero-order valence-electron chi connectivity index (χ0n) is 15.3. The van der Waals surface area contributed by atoms with Crippen molar-refractivity contribution in [2.75, 3.05) is 31.5 Å². The highest BCUT2D eigenvalue weighted by Crippen LogP contribution is 2.28. The average Bonchev–Trinajstić information content (AvgIpc) is 3.24. The van der Waals surface area contributed by atoms with E-state index in [0.717, 1.165) is 63.4 Å². The molecule has 0 saturated carbocycles. The topological polar surface area (TPSA) is 88.0 Å². The van der Waals surface area contributed by atoms with E-state index >= 15 is 0 Å². The van der Waals surface area contributed by atoms with Crippen LogP contribution in [0, 0.1) is 6.92 Å². The van der Waals surface area contributed by atoms with E-state index in [1.807, 2.05) is 11.6 Å². The second-order valence-electron chi connectivity index (χ2n) is 6.91. The van der Waals surface area contributed by atoms with Crippen molar-refractivity contribution in [2.45, 2.75) is 45.7 Å². The molecule has 0 bridgehead atoms. The largest absolute Gasteiger partial charge is 0.317 e. The molecule has 0 aliphatic carbocycles. The number of anilines is 1. The number of piperidine rings is 1. The molecule has 2 aliphatic heterocycles. The predicted molar refractivity (Wildman–Crippen MR) is 101 cm³/mol. The van der Waals surface area contributed by atoms with E-state index in [2.05, 4.69) is 37.8 Å². The summed E-state index contributed by atoms with van der Waals surface area (Å²) in [4.78, 5) is 20.9. The van der Waals surface area contributed by atoms with Crippen molar-refractivity contribution in [3.05, 3.63) is 22.0 Å². The van der Waals surface area contributed by atoms with Crippen molar-refractivity contribution >= 4 is 22.4 Å². The third-order valence-corrected chi connectivity index (χ3v) is 6.27. The van der Waals surface area contributed by atoms with E-state index in [0.29, 0.717) is 16.9 Å². The Morgan fingerprint density at radius 3 is 2.96 bits per heavy atom. The molecule has 0 atom stereocenters. The minimum Gasteiger partial charge on any atom is -0.317 e. The van der Waals surface area contributed by atoms with Gasteiger partial charge in [0.2, 0.25) is 0 Å². The lowest BCUT2D eigenvalue weighted by Crippen LogP contribution is -2.30. The Labute approximate surface area is 157 Å². The number of nitrogens with zero attached hydrogens (tertiary/aromatic N) is 5. The second-order valence-corrected chi connectivity index (χ2v) is 7.99. The summed E-state index contributed by atoms with van der Waals surface area (Å²) >= 11 is 1.57. The summed E-state index contributed by atoms with van der Waals surface area (Å²) in [6, 6.07) is 0.317. The van der Waals surface area contributed by atoms with Crippen LogP contribution >= 0.6 is 11.3 Å². The van der Waals surface area contributed by atoms with Gasteiger partial charge in [0.15, 0.2) is 10.8 Å². The lowest BCUT2D eigenvalue weighted by Gasteiger charge is -2.23. The van der Waals surface area contributed by atoms with Crippen LogP contribution in [0.4, 0.5) is 5.13 Å². The summed E-state index contributed by atoms with van der Waals surface area (Å²) in [5.74, 6) is -0.221. The highest BCUT2D eigenvalue weighted by molar-refractivity contribution is 7.15. The van der Waals surface area contributed by atoms with Crippen LogP contribution in [-0.2, 0) is 13.0 Å². The Kier molecular flexibility index (Phi) is 5.01. The molecule has 0 unspecified atom stereocenters. The molecular formula is C17H25N7OS. The van der Waals surface area contributed by atoms with Crippen molar-refractivity contribution < 1.29 is 4.79 Å². The zero-order chi connectivity index (χ0) is 18.1. The zero-order valence-corrected chi connectivity index (χ0v) is 16.1. The van der Waals surface area contributed by atoms with Gasteiger partial charge in [-0.15, -0.1) is 16.4 Å². The minimum absolute atomic E-state index is 0.221. The first-order valence-electron chi connectivity index (χ1n) is 9.30. The highest BCUT2D eigenvalue weighted by atomic mass is 32.1. The lowest BCUT2D eigenvalue weighted by atomic mass is 10.1. The first kappa shape index (κ1) is 17.6. The molecule has 140 valence electrons. The molecule has 1 saturated heterocycles. The molecule has 0 aromatic carbocycles. The molecule has 2 N–H and O–H groups in total. The molecule has 2 aromatic heterocycles. The number of aromatic nitrogens is 4. The van der Waals surface area contributed by atoms with E-state index in [-0.39, 0.29) is 5.91 Å². The fraction of sp³-hybridized carbons (Fsp3) is 0.647. The number of carbonyl (C=O) groups excluding carboxylic acids is 1. The lowest BCUT2D eigenvalue weighted by molar-refractivity contribution is 0.102. The Balaban J connectivity index is 1.47. The first-order valence-corrected chi connectivity index (χ1v) is 10.1. The van der Waals surface area contributed by atoms with Crippen LogP contribution in [0.15, 0.2) is 0 Å². The first-order chi connectivity index (χ1) is 12.7. The van der Waals surface area contributed by atoms with Crippen molar-refractivity contribution in [3.63, 3.8) is 0 Å². The van der Waals surface area contributed by atoms with Crippen LogP contribution < -0.4 is 10.6 Å². The summed E-state index contributed by atoms with van der Waals surface area (Å²) < 4.78 is 1.90. The van der Waals surface area contributed by atoms with Gasteiger partial charge in [-0.05, 0) is 39.4 Å². The van der Waals surface area contributed by atoms with Gasteiger partial charge in [-0.3, -0.25) is 15.0 Å². The van der Waals surface area contributed by atoms with Gasteiger partial charge < -0.3 is 5.32 Å². The number of nitrogens with one attached hydrogen (secondary N) is 2. The molecule has 0 spiro atoms. The predicted octanol–water partition coefficient (Wildman–Crippen LogP) is 1.60. The van der Waals surface area contributed by atoms with Gasteiger partial charge in [0, 0.05) is 24.4 Å². The average molecular weight is 376 g/mol. The Bertz CT molecular complexity index is 793. The van der Waals surface area contributed by atoms with Crippen LogP contribution in [0.5, 0.6) is 0 Å². The fourth-order valence-electron chi connectivity index (χ4n) is 3.68. The second kappa shape index (κ2) is 7.42. The van der Waals surface area contributed by atoms with E-state index < -0.39 is 0 Å². The van der Waals surface area contributed by atoms with E-state index in [9.17, 15) is 4.79 Å². The van der Waals surface area contributed by atoms with Crippen molar-refractivity contribution in [2.24, 2.45) is 0 Å². The molecule has 1 fully saturated rings. The SMILES string of the molecule is CCN1CCc2nc(NC(=O)c3nnn(C4CCNCC4)c3C)sc2C1.